The van der Waals surface area contributed by atoms with Gasteiger partial charge < -0.3 is 21.1 Å². The number of nitrogens with zero attached hydrogens (tertiary/aromatic N) is 4. The molecule has 0 saturated carbocycles. The Morgan fingerprint density at radius 3 is 2.80 bits per heavy atom. The summed E-state index contributed by atoms with van der Waals surface area (Å²) in [5.41, 5.74) is 6.32. The van der Waals surface area contributed by atoms with Crippen LogP contribution >= 0.6 is 11.5 Å². The summed E-state index contributed by atoms with van der Waals surface area (Å²) >= 11 is 1.16. The number of amides is 1. The summed E-state index contributed by atoms with van der Waals surface area (Å²) in [5, 5.41) is 19.5. The fourth-order valence-electron chi connectivity index (χ4n) is 3.54. The van der Waals surface area contributed by atoms with Crippen LogP contribution in [0.25, 0.3) is 0 Å². The maximum atomic E-state index is 13.2. The van der Waals surface area contributed by atoms with E-state index in [0.29, 0.717) is 30.8 Å². The summed E-state index contributed by atoms with van der Waals surface area (Å²) in [6, 6.07) is 5.65. The van der Waals surface area contributed by atoms with Crippen LogP contribution in [0, 0.1) is 0 Å². The van der Waals surface area contributed by atoms with Gasteiger partial charge in [-0.15, -0.1) is 9.50 Å². The first-order valence-electron chi connectivity index (χ1n) is 9.34. The molecule has 0 saturated heterocycles. The molecule has 1 aromatic heterocycles. The minimum Gasteiger partial charge on any atom is -0.509 e. The molecule has 4 N–H and O–H groups in total. The first-order chi connectivity index (χ1) is 14.4. The minimum atomic E-state index is -4.01. The van der Waals surface area contributed by atoms with Gasteiger partial charge in [-0.1, -0.05) is 16.6 Å². The lowest BCUT2D eigenvalue weighted by Crippen LogP contribution is -2.36. The molecule has 3 heterocycles. The topological polar surface area (TPSA) is 151 Å². The van der Waals surface area contributed by atoms with Crippen molar-refractivity contribution in [3.8, 4) is 0 Å². The van der Waals surface area contributed by atoms with Crippen LogP contribution in [-0.2, 0) is 21.4 Å². The van der Waals surface area contributed by atoms with Gasteiger partial charge >= 0.3 is 0 Å². The van der Waals surface area contributed by atoms with E-state index in [1.807, 2.05) is 0 Å². The first kappa shape index (κ1) is 20.4. The van der Waals surface area contributed by atoms with Crippen molar-refractivity contribution in [2.75, 3.05) is 11.9 Å². The molecule has 158 valence electrons. The first-order valence-corrected chi connectivity index (χ1v) is 11.6. The van der Waals surface area contributed by atoms with Crippen LogP contribution in [0.1, 0.15) is 25.0 Å². The molecular weight excluding hydrogens is 428 g/mol. The van der Waals surface area contributed by atoms with Crippen molar-refractivity contribution in [2.45, 2.75) is 36.7 Å². The molecule has 12 heteroatoms. The highest BCUT2D eigenvalue weighted by atomic mass is 32.2. The second-order valence-electron chi connectivity index (χ2n) is 6.93. The molecule has 1 atom stereocenters. The third kappa shape index (κ3) is 3.68. The van der Waals surface area contributed by atoms with E-state index in [1.165, 1.54) is 11.0 Å². The zero-order chi connectivity index (χ0) is 21.3. The zero-order valence-corrected chi connectivity index (χ0v) is 17.5. The number of nitrogens with two attached hydrogens (primary N) is 1. The number of aromatic nitrogens is 2. The fraction of sp³-hybridized carbons (Fsp3) is 0.333. The molecule has 30 heavy (non-hydrogen) atoms. The van der Waals surface area contributed by atoms with E-state index in [1.54, 1.807) is 23.6 Å². The smallest absolute Gasteiger partial charge is 0.286 e. The normalized spacial score (nSPS) is 20.2. The lowest BCUT2D eigenvalue weighted by Gasteiger charge is -2.24. The molecule has 1 aromatic carbocycles. The SMILES string of the molecule is NCCCCC1C(O)=C(C2=NS(=O)(=O)c3ccccc3N2)C(=O)N1Cc1csnn1. The maximum Gasteiger partial charge on any atom is 0.286 e. The number of benzene rings is 1. The number of hydrogen-bond acceptors (Lipinski definition) is 9. The van der Waals surface area contributed by atoms with Crippen molar-refractivity contribution >= 4 is 39.0 Å². The van der Waals surface area contributed by atoms with Crippen LogP contribution in [0.5, 0.6) is 0 Å². The van der Waals surface area contributed by atoms with Crippen LogP contribution in [-0.4, -0.2) is 52.3 Å². The monoisotopic (exact) mass is 448 g/mol. The Morgan fingerprint density at radius 2 is 2.07 bits per heavy atom. The molecule has 0 aliphatic carbocycles. The van der Waals surface area contributed by atoms with E-state index in [-0.39, 0.29) is 28.6 Å². The molecule has 2 aliphatic rings. The standard InChI is InChI=1S/C18H20N6O4S2/c19-8-4-3-6-13-16(25)15(18(26)24(13)9-11-10-29-23-21-11)17-20-12-5-1-2-7-14(12)30(27,28)22-17/h1-2,5,7,10,13,25H,3-4,6,8-9,19H2,(H,20,22). The number of fused-ring (bicyclic) bond motifs is 1. The number of carbonyl (C=O) groups excluding carboxylic acids is 1. The highest BCUT2D eigenvalue weighted by molar-refractivity contribution is 7.90. The Hall–Kier alpha value is -2.83. The Morgan fingerprint density at radius 1 is 1.27 bits per heavy atom. The summed E-state index contributed by atoms with van der Waals surface area (Å²) in [4.78, 5) is 14.7. The second-order valence-corrected chi connectivity index (χ2v) is 9.11. The van der Waals surface area contributed by atoms with E-state index in [9.17, 15) is 18.3 Å². The minimum absolute atomic E-state index is 0.0178. The van der Waals surface area contributed by atoms with Gasteiger partial charge in [-0.3, -0.25) is 4.79 Å². The van der Waals surface area contributed by atoms with Crippen LogP contribution in [0.4, 0.5) is 5.69 Å². The summed E-state index contributed by atoms with van der Waals surface area (Å²) < 4.78 is 32.8. The van der Waals surface area contributed by atoms with Crippen LogP contribution in [0.2, 0.25) is 0 Å². The largest absolute Gasteiger partial charge is 0.509 e. The average Bonchev–Trinajstić information content (AvgIpc) is 3.30. The van der Waals surface area contributed by atoms with Gasteiger partial charge in [0.15, 0.2) is 5.84 Å². The van der Waals surface area contributed by atoms with Crippen LogP contribution < -0.4 is 11.1 Å². The number of hydrogen-bond donors (Lipinski definition) is 3. The number of nitrogens with one attached hydrogen (secondary N) is 1. The van der Waals surface area contributed by atoms with Gasteiger partial charge in [0.2, 0.25) is 0 Å². The van der Waals surface area contributed by atoms with Crippen molar-refractivity contribution in [2.24, 2.45) is 10.1 Å². The summed E-state index contributed by atoms with van der Waals surface area (Å²) in [6.07, 6.45) is 1.91. The molecular formula is C18H20N6O4S2. The molecule has 2 aliphatic heterocycles. The van der Waals surface area contributed by atoms with E-state index in [4.69, 9.17) is 5.73 Å². The molecule has 0 bridgehead atoms. The fourth-order valence-corrected chi connectivity index (χ4v) is 5.10. The predicted molar refractivity (Wildman–Crippen MR) is 111 cm³/mol. The van der Waals surface area contributed by atoms with Gasteiger partial charge in [0.1, 0.15) is 16.2 Å². The van der Waals surface area contributed by atoms with Gasteiger partial charge in [-0.2, -0.15) is 8.42 Å². The Kier molecular flexibility index (Phi) is 5.54. The number of anilines is 1. The summed E-state index contributed by atoms with van der Waals surface area (Å²) in [7, 11) is -4.01. The highest BCUT2D eigenvalue weighted by Crippen LogP contribution is 2.34. The van der Waals surface area contributed by atoms with Gasteiger partial charge in [-0.25, -0.2) is 0 Å². The highest BCUT2D eigenvalue weighted by Gasteiger charge is 2.43. The summed E-state index contributed by atoms with van der Waals surface area (Å²) in [6.45, 7) is 0.643. The molecule has 0 radical (unpaired) electrons. The van der Waals surface area contributed by atoms with Crippen molar-refractivity contribution in [1.29, 1.82) is 0 Å². The van der Waals surface area contributed by atoms with Crippen molar-refractivity contribution in [3.05, 3.63) is 46.7 Å². The molecule has 0 fully saturated rings. The molecule has 10 nitrogen and oxygen atoms in total. The molecule has 1 amide bonds. The lowest BCUT2D eigenvalue weighted by molar-refractivity contribution is -0.127. The van der Waals surface area contributed by atoms with Crippen molar-refractivity contribution in [3.63, 3.8) is 0 Å². The third-order valence-corrected chi connectivity index (χ3v) is 6.85. The number of unbranched alkanes of at least 4 members (excludes halogenated alkanes) is 1. The summed E-state index contributed by atoms with van der Waals surface area (Å²) in [5.74, 6) is -0.904. The van der Waals surface area contributed by atoms with Gasteiger partial charge in [0.25, 0.3) is 15.9 Å². The van der Waals surface area contributed by atoms with Gasteiger partial charge in [0, 0.05) is 5.38 Å². The molecule has 1 unspecified atom stereocenters. The predicted octanol–water partition coefficient (Wildman–Crippen LogP) is 1.40. The Bertz CT molecular complexity index is 1130. The number of para-hydroxylation sites is 1. The van der Waals surface area contributed by atoms with E-state index in [0.717, 1.165) is 18.0 Å². The van der Waals surface area contributed by atoms with E-state index >= 15 is 0 Å². The number of sulfonamides is 1. The Balaban J connectivity index is 1.71. The Labute approximate surface area is 177 Å². The van der Waals surface area contributed by atoms with Gasteiger partial charge in [-0.05, 0) is 49.5 Å². The lowest BCUT2D eigenvalue weighted by atomic mass is 10.1. The van der Waals surface area contributed by atoms with Crippen molar-refractivity contribution in [1.82, 2.24) is 14.5 Å². The number of carbonyl (C=O) groups is 1. The number of amidine groups is 1. The number of aliphatic hydroxyl groups excluding tert-OH is 1. The third-order valence-electron chi connectivity index (χ3n) is 4.96. The van der Waals surface area contributed by atoms with Crippen LogP contribution in [0.3, 0.4) is 0 Å². The molecule has 0 spiro atoms. The van der Waals surface area contributed by atoms with Crippen molar-refractivity contribution < 1.29 is 18.3 Å². The van der Waals surface area contributed by atoms with E-state index in [2.05, 4.69) is 19.3 Å². The maximum absolute atomic E-state index is 13.2. The molecule has 2 aromatic rings. The number of rotatable bonds is 7. The molecule has 4 rings (SSSR count). The number of aliphatic hydroxyl groups is 1. The quantitative estimate of drug-likeness (QED) is 0.538. The average molecular weight is 449 g/mol. The zero-order valence-electron chi connectivity index (χ0n) is 15.9. The van der Waals surface area contributed by atoms with E-state index < -0.39 is 22.0 Å². The second kappa shape index (κ2) is 8.13. The van der Waals surface area contributed by atoms with Crippen LogP contribution in [0.15, 0.2) is 50.3 Å². The van der Waals surface area contributed by atoms with Gasteiger partial charge in [0.05, 0.1) is 24.0 Å².